The third kappa shape index (κ3) is 3.23. The molecule has 0 spiro atoms. The van der Waals surface area contributed by atoms with Crippen LogP contribution < -0.4 is 4.74 Å². The predicted octanol–water partition coefficient (Wildman–Crippen LogP) is 3.03. The maximum absolute atomic E-state index is 11.4. The van der Waals surface area contributed by atoms with E-state index in [0.29, 0.717) is 0 Å². The van der Waals surface area contributed by atoms with Gasteiger partial charge in [0.2, 0.25) is 0 Å². The fourth-order valence-electron chi connectivity index (χ4n) is 1.16. The molecule has 0 radical (unpaired) electrons. The van der Waals surface area contributed by atoms with Gasteiger partial charge in [0, 0.05) is 0 Å². The molecule has 1 aromatic rings. The van der Waals surface area contributed by atoms with E-state index in [-0.39, 0.29) is 12.6 Å². The lowest BCUT2D eigenvalue weighted by Gasteiger charge is -2.21. The van der Waals surface area contributed by atoms with Gasteiger partial charge in [-0.25, -0.2) is 0 Å². The average Bonchev–Trinajstić information content (AvgIpc) is 2.27. The number of benzene rings is 1. The van der Waals surface area contributed by atoms with Crippen LogP contribution in [-0.4, -0.2) is 19.7 Å². The zero-order valence-corrected chi connectivity index (χ0v) is 11.2. The van der Waals surface area contributed by atoms with Crippen LogP contribution in [0.4, 0.5) is 0 Å². The molecule has 0 aromatic heterocycles. The lowest BCUT2D eigenvalue weighted by Crippen LogP contribution is -2.32. The van der Waals surface area contributed by atoms with Crippen molar-refractivity contribution >= 4 is 21.9 Å². The second-order valence-corrected chi connectivity index (χ2v) is 4.95. The van der Waals surface area contributed by atoms with E-state index in [1.165, 1.54) is 7.11 Å². The first-order valence-corrected chi connectivity index (χ1v) is 5.72. The minimum Gasteiger partial charge on any atom is -0.491 e. The van der Waals surface area contributed by atoms with Crippen LogP contribution in [0.1, 0.15) is 13.8 Å². The monoisotopic (exact) mass is 286 g/mol. The van der Waals surface area contributed by atoms with Crippen LogP contribution in [0.25, 0.3) is 0 Å². The highest BCUT2D eigenvalue weighted by atomic mass is 79.9. The molecule has 1 rings (SSSR count). The van der Waals surface area contributed by atoms with Gasteiger partial charge < -0.3 is 9.47 Å². The highest BCUT2D eigenvalue weighted by molar-refractivity contribution is 9.10. The standard InChI is InChI=1S/C12H15BrO3/c1-12(2,11(14)15-3)8-16-10-7-5-4-6-9(10)13/h4-7H,8H2,1-3H3. The van der Waals surface area contributed by atoms with E-state index in [1.54, 1.807) is 13.8 Å². The van der Waals surface area contributed by atoms with Crippen molar-refractivity contribution in [2.24, 2.45) is 5.41 Å². The molecule has 0 aliphatic carbocycles. The van der Waals surface area contributed by atoms with Crippen LogP contribution in [0, 0.1) is 5.41 Å². The zero-order valence-electron chi connectivity index (χ0n) is 9.62. The van der Waals surface area contributed by atoms with E-state index in [1.807, 2.05) is 24.3 Å². The van der Waals surface area contributed by atoms with Crippen LogP contribution in [0.2, 0.25) is 0 Å². The Kier molecular flexibility index (Phi) is 4.35. The molecule has 0 atom stereocenters. The van der Waals surface area contributed by atoms with Crippen LogP contribution >= 0.6 is 15.9 Å². The number of para-hydroxylation sites is 1. The minimum atomic E-state index is -0.649. The average molecular weight is 287 g/mol. The molecular formula is C12H15BrO3. The molecule has 0 saturated carbocycles. The van der Waals surface area contributed by atoms with Crippen molar-refractivity contribution in [3.63, 3.8) is 0 Å². The number of carbonyl (C=O) groups is 1. The first-order valence-electron chi connectivity index (χ1n) is 4.93. The smallest absolute Gasteiger partial charge is 0.314 e. The summed E-state index contributed by atoms with van der Waals surface area (Å²) in [5, 5.41) is 0. The summed E-state index contributed by atoms with van der Waals surface area (Å²) in [5.41, 5.74) is -0.649. The predicted molar refractivity (Wildman–Crippen MR) is 65.4 cm³/mol. The topological polar surface area (TPSA) is 35.5 Å². The van der Waals surface area contributed by atoms with Gasteiger partial charge in [0.05, 0.1) is 17.0 Å². The van der Waals surface area contributed by atoms with Gasteiger partial charge in [-0.2, -0.15) is 0 Å². The van der Waals surface area contributed by atoms with Gasteiger partial charge in [0.25, 0.3) is 0 Å². The highest BCUT2D eigenvalue weighted by Gasteiger charge is 2.29. The van der Waals surface area contributed by atoms with Gasteiger partial charge in [-0.3, -0.25) is 4.79 Å². The largest absolute Gasteiger partial charge is 0.491 e. The zero-order chi connectivity index (χ0) is 12.2. The summed E-state index contributed by atoms with van der Waals surface area (Å²) in [6.07, 6.45) is 0. The lowest BCUT2D eigenvalue weighted by atomic mass is 9.95. The van der Waals surface area contributed by atoms with Crippen molar-refractivity contribution in [3.8, 4) is 5.75 Å². The Morgan fingerprint density at radius 2 is 2.00 bits per heavy atom. The maximum atomic E-state index is 11.4. The fraction of sp³-hybridized carbons (Fsp3) is 0.417. The molecule has 0 bridgehead atoms. The van der Waals surface area contributed by atoms with E-state index in [9.17, 15) is 4.79 Å². The van der Waals surface area contributed by atoms with Gasteiger partial charge in [0.1, 0.15) is 12.4 Å². The third-order valence-electron chi connectivity index (χ3n) is 2.16. The second kappa shape index (κ2) is 5.34. The molecule has 88 valence electrons. The molecule has 16 heavy (non-hydrogen) atoms. The van der Waals surface area contributed by atoms with Crippen molar-refractivity contribution in [1.29, 1.82) is 0 Å². The highest BCUT2D eigenvalue weighted by Crippen LogP contribution is 2.26. The molecule has 0 N–H and O–H groups in total. The van der Waals surface area contributed by atoms with E-state index < -0.39 is 5.41 Å². The summed E-state index contributed by atoms with van der Waals surface area (Å²) in [7, 11) is 1.38. The quantitative estimate of drug-likeness (QED) is 0.798. The van der Waals surface area contributed by atoms with Gasteiger partial charge in [0.15, 0.2) is 0 Å². The van der Waals surface area contributed by atoms with E-state index in [2.05, 4.69) is 15.9 Å². The van der Waals surface area contributed by atoms with Crippen LogP contribution in [0.5, 0.6) is 5.75 Å². The van der Waals surface area contributed by atoms with Crippen molar-refractivity contribution in [2.45, 2.75) is 13.8 Å². The second-order valence-electron chi connectivity index (χ2n) is 4.09. The van der Waals surface area contributed by atoms with E-state index >= 15 is 0 Å². The lowest BCUT2D eigenvalue weighted by molar-refractivity contribution is -0.152. The van der Waals surface area contributed by atoms with E-state index in [0.717, 1.165) is 10.2 Å². The Hall–Kier alpha value is -1.03. The Labute approximate surface area is 104 Å². The van der Waals surface area contributed by atoms with Crippen molar-refractivity contribution in [1.82, 2.24) is 0 Å². The number of hydrogen-bond acceptors (Lipinski definition) is 3. The van der Waals surface area contributed by atoms with Crippen LogP contribution in [-0.2, 0) is 9.53 Å². The Morgan fingerprint density at radius 1 is 1.38 bits per heavy atom. The van der Waals surface area contributed by atoms with Gasteiger partial charge >= 0.3 is 5.97 Å². The molecule has 0 aliphatic rings. The molecule has 0 saturated heterocycles. The summed E-state index contributed by atoms with van der Waals surface area (Å²) in [6.45, 7) is 3.85. The summed E-state index contributed by atoms with van der Waals surface area (Å²) in [5.74, 6) is 0.444. The van der Waals surface area contributed by atoms with Gasteiger partial charge in [-0.15, -0.1) is 0 Å². The first kappa shape index (κ1) is 13.0. The Morgan fingerprint density at radius 3 is 2.56 bits per heavy atom. The molecule has 0 amide bonds. The van der Waals surface area contributed by atoms with Crippen LogP contribution in [0.3, 0.4) is 0 Å². The molecule has 0 unspecified atom stereocenters. The van der Waals surface area contributed by atoms with E-state index in [4.69, 9.17) is 9.47 Å². The number of ether oxygens (including phenoxy) is 2. The molecule has 1 aromatic carbocycles. The third-order valence-corrected chi connectivity index (χ3v) is 2.82. The normalized spacial score (nSPS) is 11.0. The number of hydrogen-bond donors (Lipinski definition) is 0. The Balaban J connectivity index is 2.65. The summed E-state index contributed by atoms with van der Waals surface area (Å²) in [4.78, 5) is 11.4. The molecule has 0 aliphatic heterocycles. The number of methoxy groups -OCH3 is 1. The van der Waals surface area contributed by atoms with Crippen molar-refractivity contribution in [3.05, 3.63) is 28.7 Å². The van der Waals surface area contributed by atoms with Gasteiger partial charge in [-0.1, -0.05) is 12.1 Å². The van der Waals surface area contributed by atoms with Crippen molar-refractivity contribution < 1.29 is 14.3 Å². The molecule has 0 fully saturated rings. The summed E-state index contributed by atoms with van der Waals surface area (Å²) >= 11 is 3.38. The first-order chi connectivity index (χ1) is 7.47. The molecule has 4 heteroatoms. The van der Waals surface area contributed by atoms with Crippen molar-refractivity contribution in [2.75, 3.05) is 13.7 Å². The summed E-state index contributed by atoms with van der Waals surface area (Å²) in [6, 6.07) is 7.52. The fourth-order valence-corrected chi connectivity index (χ4v) is 1.55. The molecule has 3 nitrogen and oxygen atoms in total. The summed E-state index contributed by atoms with van der Waals surface area (Å²) < 4.78 is 11.2. The molecular weight excluding hydrogens is 272 g/mol. The number of carbonyl (C=O) groups excluding carboxylic acids is 1. The number of rotatable bonds is 4. The molecule has 0 heterocycles. The van der Waals surface area contributed by atoms with Crippen LogP contribution in [0.15, 0.2) is 28.7 Å². The minimum absolute atomic E-state index is 0.278. The van der Waals surface area contributed by atoms with Gasteiger partial charge in [-0.05, 0) is 41.9 Å². The maximum Gasteiger partial charge on any atom is 0.314 e. The number of halogens is 1. The SMILES string of the molecule is COC(=O)C(C)(C)COc1ccccc1Br. The number of esters is 1. The Bertz CT molecular complexity index is 374.